The first-order chi connectivity index (χ1) is 6.24. The van der Waals surface area contributed by atoms with Gasteiger partial charge in [0.05, 0.1) is 5.69 Å². The van der Waals surface area contributed by atoms with Crippen molar-refractivity contribution < 1.29 is 4.39 Å². The van der Waals surface area contributed by atoms with Gasteiger partial charge in [-0.15, -0.1) is 12.3 Å². The number of nitrogens with one attached hydrogen (secondary N) is 1. The highest BCUT2D eigenvalue weighted by atomic mass is 19.1. The first kappa shape index (κ1) is 9.60. The zero-order chi connectivity index (χ0) is 9.68. The summed E-state index contributed by atoms with van der Waals surface area (Å²) in [5.41, 5.74) is 1.56. The number of benzene rings is 1. The Kier molecular flexibility index (Phi) is 3.33. The molecule has 13 heavy (non-hydrogen) atoms. The van der Waals surface area contributed by atoms with Crippen LogP contribution in [0.3, 0.4) is 0 Å². The van der Waals surface area contributed by atoms with Gasteiger partial charge in [0.15, 0.2) is 0 Å². The van der Waals surface area contributed by atoms with Gasteiger partial charge in [-0.05, 0) is 24.6 Å². The molecule has 2 heteroatoms. The number of anilines is 1. The van der Waals surface area contributed by atoms with Crippen LogP contribution >= 0.6 is 0 Å². The molecule has 1 N–H and O–H groups in total. The molecule has 0 heterocycles. The second-order valence-corrected chi connectivity index (χ2v) is 2.86. The number of hydrogen-bond donors (Lipinski definition) is 1. The molecule has 0 radical (unpaired) electrons. The zero-order valence-electron chi connectivity index (χ0n) is 7.60. The Morgan fingerprint density at radius 3 is 3.00 bits per heavy atom. The fourth-order valence-electron chi connectivity index (χ4n) is 1.04. The lowest BCUT2D eigenvalue weighted by atomic mass is 10.2. The third kappa shape index (κ3) is 2.79. The molecule has 0 fully saturated rings. The van der Waals surface area contributed by atoms with Crippen molar-refractivity contribution in [1.82, 2.24) is 0 Å². The predicted octanol–water partition coefficient (Wildman–Crippen LogP) is 2.57. The Morgan fingerprint density at radius 2 is 2.31 bits per heavy atom. The summed E-state index contributed by atoms with van der Waals surface area (Å²) in [5.74, 6) is 2.25. The van der Waals surface area contributed by atoms with Crippen molar-refractivity contribution in [2.45, 2.75) is 13.3 Å². The molecule has 0 unspecified atom stereocenters. The van der Waals surface area contributed by atoms with Crippen LogP contribution in [-0.4, -0.2) is 6.54 Å². The van der Waals surface area contributed by atoms with Crippen molar-refractivity contribution in [2.75, 3.05) is 11.9 Å². The predicted molar refractivity (Wildman–Crippen MR) is 53.1 cm³/mol. The van der Waals surface area contributed by atoms with Gasteiger partial charge in [0, 0.05) is 13.0 Å². The lowest BCUT2D eigenvalue weighted by Gasteiger charge is -2.06. The number of hydrogen-bond acceptors (Lipinski definition) is 1. The van der Waals surface area contributed by atoms with Crippen LogP contribution in [0.25, 0.3) is 0 Å². The first-order valence-corrected chi connectivity index (χ1v) is 4.17. The molecule has 0 aliphatic heterocycles. The highest BCUT2D eigenvalue weighted by molar-refractivity contribution is 5.47. The summed E-state index contributed by atoms with van der Waals surface area (Å²) in [6.45, 7) is 2.53. The quantitative estimate of drug-likeness (QED) is 0.552. The average Bonchev–Trinajstić information content (AvgIpc) is 2.11. The highest BCUT2D eigenvalue weighted by Crippen LogP contribution is 2.15. The minimum atomic E-state index is -0.234. The van der Waals surface area contributed by atoms with Crippen LogP contribution < -0.4 is 5.32 Å². The maximum atomic E-state index is 13.1. The highest BCUT2D eigenvalue weighted by Gasteiger charge is 1.99. The Hall–Kier alpha value is -1.49. The summed E-state index contributed by atoms with van der Waals surface area (Å²) < 4.78 is 13.1. The van der Waals surface area contributed by atoms with Crippen molar-refractivity contribution in [1.29, 1.82) is 0 Å². The summed E-state index contributed by atoms with van der Waals surface area (Å²) in [4.78, 5) is 0. The third-order valence-electron chi connectivity index (χ3n) is 1.71. The van der Waals surface area contributed by atoms with Gasteiger partial charge in [-0.1, -0.05) is 6.07 Å². The van der Waals surface area contributed by atoms with E-state index in [0.717, 1.165) is 5.56 Å². The topological polar surface area (TPSA) is 12.0 Å². The molecular formula is C11H12FN. The number of rotatable bonds is 3. The van der Waals surface area contributed by atoms with Gasteiger partial charge in [-0.25, -0.2) is 4.39 Å². The Labute approximate surface area is 78.0 Å². The summed E-state index contributed by atoms with van der Waals surface area (Å²) in [6, 6.07) is 4.96. The van der Waals surface area contributed by atoms with Gasteiger partial charge in [0.2, 0.25) is 0 Å². The lowest BCUT2D eigenvalue weighted by molar-refractivity contribution is 0.630. The van der Waals surface area contributed by atoms with Crippen LogP contribution in [-0.2, 0) is 0 Å². The van der Waals surface area contributed by atoms with Crippen LogP contribution in [0.1, 0.15) is 12.0 Å². The van der Waals surface area contributed by atoms with Crippen molar-refractivity contribution in [3.63, 3.8) is 0 Å². The fourth-order valence-corrected chi connectivity index (χ4v) is 1.04. The summed E-state index contributed by atoms with van der Waals surface area (Å²) >= 11 is 0. The minimum absolute atomic E-state index is 0.234. The van der Waals surface area contributed by atoms with Gasteiger partial charge < -0.3 is 5.32 Å². The molecule has 68 valence electrons. The molecule has 0 aromatic heterocycles. The summed E-state index contributed by atoms with van der Waals surface area (Å²) in [5, 5.41) is 2.94. The van der Waals surface area contributed by atoms with Crippen molar-refractivity contribution in [3.8, 4) is 12.3 Å². The maximum absolute atomic E-state index is 13.1. The Bertz CT molecular complexity index is 325. The maximum Gasteiger partial charge on any atom is 0.146 e. The SMILES string of the molecule is C#CCCNc1cc(C)ccc1F. The second kappa shape index (κ2) is 4.51. The number of aryl methyl sites for hydroxylation is 1. The van der Waals surface area contributed by atoms with E-state index in [-0.39, 0.29) is 5.82 Å². The molecule has 1 aromatic carbocycles. The first-order valence-electron chi connectivity index (χ1n) is 4.17. The Morgan fingerprint density at radius 1 is 1.54 bits per heavy atom. The molecule has 0 atom stereocenters. The molecule has 1 rings (SSSR count). The number of terminal acetylenes is 1. The smallest absolute Gasteiger partial charge is 0.146 e. The Balaban J connectivity index is 2.65. The molecule has 0 saturated heterocycles. The fraction of sp³-hybridized carbons (Fsp3) is 0.273. The van der Waals surface area contributed by atoms with E-state index in [1.807, 2.05) is 6.92 Å². The van der Waals surface area contributed by atoms with Crippen molar-refractivity contribution in [2.24, 2.45) is 0 Å². The summed E-state index contributed by atoms with van der Waals surface area (Å²) in [6.07, 6.45) is 5.68. The van der Waals surface area contributed by atoms with E-state index in [0.29, 0.717) is 18.7 Å². The molecular weight excluding hydrogens is 165 g/mol. The third-order valence-corrected chi connectivity index (χ3v) is 1.71. The van der Waals surface area contributed by atoms with E-state index in [2.05, 4.69) is 11.2 Å². The molecule has 0 aliphatic carbocycles. The molecule has 0 spiro atoms. The van der Waals surface area contributed by atoms with Gasteiger partial charge in [-0.3, -0.25) is 0 Å². The van der Waals surface area contributed by atoms with E-state index < -0.39 is 0 Å². The van der Waals surface area contributed by atoms with Crippen LogP contribution in [0.5, 0.6) is 0 Å². The molecule has 1 nitrogen and oxygen atoms in total. The van der Waals surface area contributed by atoms with E-state index >= 15 is 0 Å². The van der Waals surface area contributed by atoms with E-state index in [9.17, 15) is 4.39 Å². The van der Waals surface area contributed by atoms with E-state index in [1.165, 1.54) is 6.07 Å². The molecule has 0 aliphatic rings. The van der Waals surface area contributed by atoms with Gasteiger partial charge in [0.25, 0.3) is 0 Å². The zero-order valence-corrected chi connectivity index (χ0v) is 7.60. The minimum Gasteiger partial charge on any atom is -0.382 e. The number of halogens is 1. The van der Waals surface area contributed by atoms with E-state index in [4.69, 9.17) is 6.42 Å². The van der Waals surface area contributed by atoms with Crippen LogP contribution in [0.15, 0.2) is 18.2 Å². The summed E-state index contributed by atoms with van der Waals surface area (Å²) in [7, 11) is 0. The van der Waals surface area contributed by atoms with Gasteiger partial charge in [0.1, 0.15) is 5.82 Å². The average molecular weight is 177 g/mol. The van der Waals surface area contributed by atoms with Crippen LogP contribution in [0.2, 0.25) is 0 Å². The largest absolute Gasteiger partial charge is 0.382 e. The van der Waals surface area contributed by atoms with E-state index in [1.54, 1.807) is 12.1 Å². The van der Waals surface area contributed by atoms with Crippen LogP contribution in [0.4, 0.5) is 10.1 Å². The molecule has 0 bridgehead atoms. The van der Waals surface area contributed by atoms with Gasteiger partial charge in [-0.2, -0.15) is 0 Å². The standard InChI is InChI=1S/C11H12FN/c1-3-4-7-13-11-8-9(2)5-6-10(11)12/h1,5-6,8,13H,4,7H2,2H3. The second-order valence-electron chi connectivity index (χ2n) is 2.86. The molecule has 1 aromatic rings. The van der Waals surface area contributed by atoms with Crippen molar-refractivity contribution >= 4 is 5.69 Å². The van der Waals surface area contributed by atoms with Crippen molar-refractivity contribution in [3.05, 3.63) is 29.6 Å². The normalized spacial score (nSPS) is 9.31. The molecule has 0 saturated carbocycles. The molecule has 0 amide bonds. The van der Waals surface area contributed by atoms with Crippen LogP contribution in [0, 0.1) is 25.1 Å². The lowest BCUT2D eigenvalue weighted by Crippen LogP contribution is -2.02. The monoisotopic (exact) mass is 177 g/mol. The van der Waals surface area contributed by atoms with Gasteiger partial charge >= 0.3 is 0 Å².